The molecule has 1 atom stereocenters. The first kappa shape index (κ1) is 39.4. The van der Waals surface area contributed by atoms with Gasteiger partial charge in [-0.2, -0.15) is 18.2 Å². The third-order valence-corrected chi connectivity index (χ3v) is 12.9. The summed E-state index contributed by atoms with van der Waals surface area (Å²) in [5, 5.41) is 2.03. The van der Waals surface area contributed by atoms with Gasteiger partial charge < -0.3 is 13.9 Å². The van der Waals surface area contributed by atoms with Crippen LogP contribution in [0, 0.1) is 23.9 Å². The molecular formula is C62H58N4OPt-2. The molecule has 0 fully saturated rings. The Labute approximate surface area is 424 Å². The summed E-state index contributed by atoms with van der Waals surface area (Å²) in [6.07, 6.45) is 5.43. The first-order chi connectivity index (χ1) is 34.4. The van der Waals surface area contributed by atoms with Gasteiger partial charge in [0.15, 0.2) is 0 Å². The molecule has 344 valence electrons. The molecule has 5 nitrogen and oxygen atoms in total. The van der Waals surface area contributed by atoms with Gasteiger partial charge in [0, 0.05) is 45.6 Å². The first-order valence-electron chi connectivity index (χ1n) is 25.9. The molecule has 0 saturated carbocycles. The van der Waals surface area contributed by atoms with Gasteiger partial charge in [-0.3, -0.25) is 4.57 Å². The molecule has 0 N–H and O–H groups in total. The zero-order valence-corrected chi connectivity index (χ0v) is 42.5. The summed E-state index contributed by atoms with van der Waals surface area (Å²) >= 11 is 0. The minimum absolute atomic E-state index is 0. The van der Waals surface area contributed by atoms with Crippen LogP contribution in [0.5, 0.6) is 11.5 Å². The molecule has 0 saturated heterocycles. The second-order valence-corrected chi connectivity index (χ2v) is 20.5. The predicted molar refractivity (Wildman–Crippen MR) is 276 cm³/mol. The number of rotatable bonds is 8. The van der Waals surface area contributed by atoms with Crippen LogP contribution in [0.2, 0.25) is 0 Å². The summed E-state index contributed by atoms with van der Waals surface area (Å²) in [5.74, 6) is 0.720. The first-order valence-corrected chi connectivity index (χ1v) is 22.9. The van der Waals surface area contributed by atoms with E-state index in [1.807, 2.05) is 113 Å². The number of pyridine rings is 1. The number of hydrogen-bond acceptors (Lipinski definition) is 2. The zero-order valence-electron chi connectivity index (χ0n) is 46.2. The van der Waals surface area contributed by atoms with Crippen molar-refractivity contribution in [1.29, 1.82) is 0 Å². The van der Waals surface area contributed by atoms with E-state index in [-0.39, 0.29) is 55.0 Å². The smallest absolute Gasteiger partial charge is 0.268 e. The van der Waals surface area contributed by atoms with Gasteiger partial charge in [0.2, 0.25) is 0 Å². The number of fused-ring (bicyclic) bond motifs is 4. The van der Waals surface area contributed by atoms with Crippen LogP contribution in [0.25, 0.3) is 72.3 Å². The summed E-state index contributed by atoms with van der Waals surface area (Å²) in [5.41, 5.74) is 9.28. The number of ether oxygens (including phenoxy) is 1. The van der Waals surface area contributed by atoms with E-state index in [1.54, 1.807) is 6.20 Å². The van der Waals surface area contributed by atoms with Crippen LogP contribution in [0.1, 0.15) is 100 Å². The number of para-hydroxylation sites is 4. The molecule has 0 aliphatic rings. The van der Waals surface area contributed by atoms with Gasteiger partial charge in [0.05, 0.1) is 23.6 Å². The molecule has 3 aromatic heterocycles. The van der Waals surface area contributed by atoms with Crippen LogP contribution in [0.4, 0.5) is 0 Å². The number of hydrogen-bond donors (Lipinski definition) is 0. The van der Waals surface area contributed by atoms with Crippen LogP contribution in [-0.4, -0.2) is 14.1 Å². The summed E-state index contributed by atoms with van der Waals surface area (Å²) in [4.78, 5) is 4.84. The monoisotopic (exact) mass is 1080 g/mol. The zero-order chi connectivity index (χ0) is 52.1. The Bertz CT molecular complexity index is 3770. The fourth-order valence-electron chi connectivity index (χ4n) is 8.78. The molecule has 68 heavy (non-hydrogen) atoms. The van der Waals surface area contributed by atoms with Crippen LogP contribution in [0.3, 0.4) is 0 Å². The van der Waals surface area contributed by atoms with Gasteiger partial charge in [-0.15, -0.1) is 29.7 Å². The van der Waals surface area contributed by atoms with Gasteiger partial charge in [0.25, 0.3) is 6.33 Å². The van der Waals surface area contributed by atoms with Crippen molar-refractivity contribution in [1.82, 2.24) is 14.1 Å². The second kappa shape index (κ2) is 17.8. The van der Waals surface area contributed by atoms with E-state index in [9.17, 15) is 4.11 Å². The van der Waals surface area contributed by atoms with Crippen molar-refractivity contribution < 1.29 is 38.6 Å². The van der Waals surface area contributed by atoms with E-state index in [0.717, 1.165) is 60.7 Å². The molecule has 0 amide bonds. The second-order valence-electron chi connectivity index (χ2n) is 20.5. The Morgan fingerprint density at radius 1 is 0.647 bits per heavy atom. The maximum absolute atomic E-state index is 9.37. The fourth-order valence-corrected chi connectivity index (χ4v) is 8.78. The van der Waals surface area contributed by atoms with Crippen molar-refractivity contribution in [3.05, 3.63) is 199 Å². The molecule has 3 heterocycles. The molecule has 0 spiro atoms. The fraction of sp³-hybridized carbons (Fsp3) is 0.226. The molecule has 10 aromatic rings. The van der Waals surface area contributed by atoms with E-state index in [0.29, 0.717) is 34.3 Å². The Morgan fingerprint density at radius 2 is 1.29 bits per heavy atom. The van der Waals surface area contributed by atoms with Crippen molar-refractivity contribution in [2.24, 2.45) is 5.41 Å². The van der Waals surface area contributed by atoms with Crippen molar-refractivity contribution in [3.63, 3.8) is 0 Å². The standard InChI is InChI=1S/C62H58N4O.Pt/c1-41(60(2,3)4)43-32-33-63-58(36-43)66-54-27-15-14-24-52(54)53-31-30-49(39-57(53)66)67-48-23-18-22-47(38-48)64-40-65(56-29-17-16-28-55(56)64)59-50(42-20-12-11-13-21-42)25-19-26-51(59)44-34-45(61(5,6)7)37-46(35-44)62(8,9)10;/h11-37,41H,1-10H3;/q-2;/i11D,12D,13D,20D,21D,41D;. The van der Waals surface area contributed by atoms with Gasteiger partial charge in [-0.05, 0) is 90.4 Å². The topological polar surface area (TPSA) is 35.9 Å². The molecule has 0 radical (unpaired) electrons. The number of imidazole rings is 1. The third-order valence-electron chi connectivity index (χ3n) is 12.9. The van der Waals surface area contributed by atoms with E-state index in [4.69, 9.17) is 13.8 Å². The van der Waals surface area contributed by atoms with Crippen molar-refractivity contribution in [2.75, 3.05) is 0 Å². The van der Waals surface area contributed by atoms with Crippen molar-refractivity contribution in [3.8, 4) is 50.9 Å². The number of nitrogens with zero attached hydrogens (tertiary/aromatic N) is 4. The minimum atomic E-state index is -0.881. The summed E-state index contributed by atoms with van der Waals surface area (Å²) in [6, 6.07) is 47.4. The molecule has 1 unspecified atom stereocenters. The van der Waals surface area contributed by atoms with Crippen LogP contribution in [-0.2, 0) is 31.9 Å². The Hall–Kier alpha value is -6.55. The predicted octanol–water partition coefficient (Wildman–Crippen LogP) is 15.7. The van der Waals surface area contributed by atoms with Gasteiger partial charge in [-0.1, -0.05) is 184 Å². The largest absolute Gasteiger partial charge is 0.510 e. The summed E-state index contributed by atoms with van der Waals surface area (Å²) in [7, 11) is 0. The number of benzene rings is 7. The molecule has 10 rings (SSSR count). The average molecular weight is 1080 g/mol. The molecule has 0 aliphatic heterocycles. The minimum Gasteiger partial charge on any atom is -0.510 e. The van der Waals surface area contributed by atoms with Gasteiger partial charge in [0.1, 0.15) is 5.82 Å². The molecule has 0 aliphatic carbocycles. The van der Waals surface area contributed by atoms with Crippen LogP contribution < -0.4 is 9.30 Å². The van der Waals surface area contributed by atoms with Crippen molar-refractivity contribution >= 4 is 32.8 Å². The number of aromatic nitrogens is 4. The third kappa shape index (κ3) is 8.74. The van der Waals surface area contributed by atoms with E-state index < -0.39 is 24.0 Å². The van der Waals surface area contributed by atoms with Crippen molar-refractivity contribution in [2.45, 2.75) is 86.0 Å². The van der Waals surface area contributed by atoms with E-state index in [1.165, 1.54) is 0 Å². The molecule has 6 heteroatoms. The van der Waals surface area contributed by atoms with Gasteiger partial charge in [-0.25, -0.2) is 4.98 Å². The van der Waals surface area contributed by atoms with E-state index >= 15 is 0 Å². The molecule has 7 aromatic carbocycles. The summed E-state index contributed by atoms with van der Waals surface area (Å²) in [6.45, 7) is 21.4. The Balaban J connectivity index is 0.00000672. The quantitative estimate of drug-likeness (QED) is 0.112. The van der Waals surface area contributed by atoms with Crippen LogP contribution in [0.15, 0.2) is 164 Å². The average Bonchev–Trinajstić information content (AvgIpc) is 3.90. The van der Waals surface area contributed by atoms with E-state index in [2.05, 4.69) is 116 Å². The Kier molecular flexibility index (Phi) is 10.3. The van der Waals surface area contributed by atoms with Crippen LogP contribution >= 0.6 is 0 Å². The maximum atomic E-state index is 9.37. The Morgan fingerprint density at radius 3 is 2.00 bits per heavy atom. The van der Waals surface area contributed by atoms with Gasteiger partial charge >= 0.3 is 0 Å². The maximum Gasteiger partial charge on any atom is 0.268 e. The summed E-state index contributed by atoms with van der Waals surface area (Å²) < 4.78 is 66.3. The normalized spacial score (nSPS) is 14.4. The molecular weight excluding hydrogens is 1010 g/mol. The molecule has 0 bridgehead atoms. The SMILES string of the molecule is [2H]c1c([2H])c([2H])c(-c2cccc(-c3cc(C(C)(C)C)cc(C(C)(C)C)c3)c2-[n+]2[c-]n(-c3[c-]c(Oc4[c-]c5c(cc4)c4ccccc4n5-c4cc(C([2H])(C)C(C)(C)C)ccn4)ccc3)c3ccccc32)c([2H])c1[2H].[Pt].